The molecule has 2 rings (SSSR count). The third-order valence-electron chi connectivity index (χ3n) is 2.10. The Morgan fingerprint density at radius 3 is 3.00 bits per heavy atom. The van der Waals surface area contributed by atoms with Crippen LogP contribution in [-0.2, 0) is 4.74 Å². The van der Waals surface area contributed by atoms with Gasteiger partial charge < -0.3 is 9.26 Å². The molecule has 0 radical (unpaired) electrons. The van der Waals surface area contributed by atoms with Crippen molar-refractivity contribution in [3.8, 4) is 11.3 Å². The molecule has 0 aliphatic rings. The molecule has 0 fully saturated rings. The lowest BCUT2D eigenvalue weighted by atomic mass is 10.1. The topological polar surface area (TPSA) is 52.3 Å². The number of nitrogens with zero attached hydrogens (tertiary/aromatic N) is 1. The lowest BCUT2D eigenvalue weighted by molar-refractivity contribution is 0.0526. The number of carbonyl (C=O) groups is 1. The maximum atomic E-state index is 11.5. The van der Waals surface area contributed by atoms with Gasteiger partial charge in [-0.1, -0.05) is 17.3 Å². The fourth-order valence-corrected chi connectivity index (χ4v) is 1.38. The molecule has 0 unspecified atom stereocenters. The van der Waals surface area contributed by atoms with Gasteiger partial charge in [0.15, 0.2) is 5.76 Å². The first-order valence-electron chi connectivity index (χ1n) is 4.99. The number of hydrogen-bond donors (Lipinski definition) is 0. The van der Waals surface area contributed by atoms with Crippen molar-refractivity contribution in [2.75, 3.05) is 6.61 Å². The van der Waals surface area contributed by atoms with Crippen molar-refractivity contribution in [1.82, 2.24) is 5.16 Å². The van der Waals surface area contributed by atoms with Crippen molar-refractivity contribution in [3.63, 3.8) is 0 Å². The molecular weight excluding hydrogens is 206 g/mol. The zero-order valence-electron chi connectivity index (χ0n) is 8.84. The predicted molar refractivity (Wildman–Crippen MR) is 57.9 cm³/mol. The second-order valence-electron chi connectivity index (χ2n) is 3.18. The molecule has 1 aromatic heterocycles. The van der Waals surface area contributed by atoms with Crippen LogP contribution in [0, 0.1) is 0 Å². The maximum absolute atomic E-state index is 11.5. The van der Waals surface area contributed by atoms with Crippen LogP contribution < -0.4 is 0 Å². The van der Waals surface area contributed by atoms with E-state index >= 15 is 0 Å². The minimum Gasteiger partial charge on any atom is -0.462 e. The van der Waals surface area contributed by atoms with Crippen LogP contribution in [0.4, 0.5) is 0 Å². The standard InChI is InChI=1S/C12H11NO3/c1-2-15-12(14)10-5-3-4-9(8-10)11-6-7-13-16-11/h3-8H,2H2,1H3. The summed E-state index contributed by atoms with van der Waals surface area (Å²) in [5, 5.41) is 3.62. The van der Waals surface area contributed by atoms with Gasteiger partial charge in [-0.3, -0.25) is 0 Å². The normalized spacial score (nSPS) is 10.1. The summed E-state index contributed by atoms with van der Waals surface area (Å²) >= 11 is 0. The molecule has 82 valence electrons. The van der Waals surface area contributed by atoms with Gasteiger partial charge in [-0.15, -0.1) is 0 Å². The molecule has 0 atom stereocenters. The van der Waals surface area contributed by atoms with Crippen LogP contribution in [0.15, 0.2) is 41.1 Å². The second-order valence-corrected chi connectivity index (χ2v) is 3.18. The Morgan fingerprint density at radius 2 is 2.31 bits per heavy atom. The molecule has 2 aromatic rings. The minimum atomic E-state index is -0.330. The van der Waals surface area contributed by atoms with Gasteiger partial charge in [0.1, 0.15) is 0 Å². The van der Waals surface area contributed by atoms with E-state index in [1.54, 1.807) is 37.4 Å². The van der Waals surface area contributed by atoms with E-state index in [1.807, 2.05) is 6.07 Å². The van der Waals surface area contributed by atoms with E-state index in [4.69, 9.17) is 9.26 Å². The lowest BCUT2D eigenvalue weighted by Crippen LogP contribution is -2.04. The second kappa shape index (κ2) is 4.61. The summed E-state index contributed by atoms with van der Waals surface area (Å²) in [6.45, 7) is 2.14. The largest absolute Gasteiger partial charge is 0.462 e. The Morgan fingerprint density at radius 1 is 1.44 bits per heavy atom. The van der Waals surface area contributed by atoms with Crippen LogP contribution in [0.1, 0.15) is 17.3 Å². The highest BCUT2D eigenvalue weighted by atomic mass is 16.5. The molecule has 0 bridgehead atoms. The van der Waals surface area contributed by atoms with Gasteiger partial charge in [0.2, 0.25) is 0 Å². The van der Waals surface area contributed by atoms with Crippen LogP contribution >= 0.6 is 0 Å². The Bertz CT molecular complexity index is 477. The Kier molecular flexibility index (Phi) is 3.00. The number of hydrogen-bond acceptors (Lipinski definition) is 4. The molecule has 1 heterocycles. The summed E-state index contributed by atoms with van der Waals surface area (Å²) in [5.74, 6) is 0.301. The van der Waals surface area contributed by atoms with Crippen molar-refractivity contribution < 1.29 is 14.1 Å². The van der Waals surface area contributed by atoms with Gasteiger partial charge in [-0.25, -0.2) is 4.79 Å². The summed E-state index contributed by atoms with van der Waals surface area (Å²) in [5.41, 5.74) is 1.32. The molecule has 0 spiro atoms. The van der Waals surface area contributed by atoms with E-state index in [0.717, 1.165) is 5.56 Å². The van der Waals surface area contributed by atoms with Crippen molar-refractivity contribution in [2.24, 2.45) is 0 Å². The number of carbonyl (C=O) groups excluding carboxylic acids is 1. The zero-order valence-corrected chi connectivity index (χ0v) is 8.84. The first kappa shape index (κ1) is 10.4. The molecule has 16 heavy (non-hydrogen) atoms. The van der Waals surface area contributed by atoms with Gasteiger partial charge in [-0.2, -0.15) is 0 Å². The molecule has 0 saturated heterocycles. The maximum Gasteiger partial charge on any atom is 0.338 e. The fraction of sp³-hybridized carbons (Fsp3) is 0.167. The third kappa shape index (κ3) is 2.11. The van der Waals surface area contributed by atoms with Gasteiger partial charge in [0.25, 0.3) is 0 Å². The molecule has 1 aromatic carbocycles. The van der Waals surface area contributed by atoms with Crippen LogP contribution in [0.3, 0.4) is 0 Å². The highest BCUT2D eigenvalue weighted by Gasteiger charge is 2.08. The summed E-state index contributed by atoms with van der Waals surface area (Å²) < 4.78 is 9.93. The Labute approximate surface area is 92.8 Å². The van der Waals surface area contributed by atoms with Crippen molar-refractivity contribution in [3.05, 3.63) is 42.1 Å². The first-order valence-corrected chi connectivity index (χ1v) is 4.99. The fourth-order valence-electron chi connectivity index (χ4n) is 1.38. The smallest absolute Gasteiger partial charge is 0.338 e. The number of benzene rings is 1. The van der Waals surface area contributed by atoms with E-state index in [9.17, 15) is 4.79 Å². The highest BCUT2D eigenvalue weighted by Crippen LogP contribution is 2.19. The number of aromatic nitrogens is 1. The van der Waals surface area contributed by atoms with Crippen molar-refractivity contribution in [2.45, 2.75) is 6.92 Å². The summed E-state index contributed by atoms with van der Waals surface area (Å²) in [6.07, 6.45) is 1.56. The molecule has 4 heteroatoms. The molecule has 0 aliphatic carbocycles. The summed E-state index contributed by atoms with van der Waals surface area (Å²) in [6, 6.07) is 8.80. The van der Waals surface area contributed by atoms with Crippen molar-refractivity contribution in [1.29, 1.82) is 0 Å². The SMILES string of the molecule is CCOC(=O)c1cccc(-c2ccno2)c1. The Balaban J connectivity index is 2.30. The average Bonchev–Trinajstić information content (AvgIpc) is 2.83. The number of rotatable bonds is 3. The highest BCUT2D eigenvalue weighted by molar-refractivity contribution is 5.90. The molecule has 0 N–H and O–H groups in total. The van der Waals surface area contributed by atoms with Crippen LogP contribution in [0.2, 0.25) is 0 Å². The van der Waals surface area contributed by atoms with Gasteiger partial charge in [-0.05, 0) is 19.1 Å². The van der Waals surface area contributed by atoms with E-state index in [-0.39, 0.29) is 5.97 Å². The Hall–Kier alpha value is -2.10. The first-order chi connectivity index (χ1) is 7.81. The molecule has 0 aliphatic heterocycles. The van der Waals surface area contributed by atoms with Gasteiger partial charge in [0.05, 0.1) is 18.4 Å². The van der Waals surface area contributed by atoms with E-state index in [0.29, 0.717) is 17.9 Å². The van der Waals surface area contributed by atoms with E-state index in [1.165, 1.54) is 0 Å². The van der Waals surface area contributed by atoms with Crippen molar-refractivity contribution >= 4 is 5.97 Å². The monoisotopic (exact) mass is 217 g/mol. The zero-order chi connectivity index (χ0) is 11.4. The number of esters is 1. The van der Waals surface area contributed by atoms with Crippen LogP contribution in [0.25, 0.3) is 11.3 Å². The lowest BCUT2D eigenvalue weighted by Gasteiger charge is -2.02. The molecular formula is C12H11NO3. The van der Waals surface area contributed by atoms with Gasteiger partial charge in [0, 0.05) is 11.6 Å². The predicted octanol–water partition coefficient (Wildman–Crippen LogP) is 2.52. The van der Waals surface area contributed by atoms with E-state index < -0.39 is 0 Å². The van der Waals surface area contributed by atoms with Gasteiger partial charge >= 0.3 is 5.97 Å². The molecule has 0 saturated carbocycles. The summed E-state index contributed by atoms with van der Waals surface area (Å²) in [4.78, 5) is 11.5. The third-order valence-corrected chi connectivity index (χ3v) is 2.10. The number of ether oxygens (including phenoxy) is 1. The molecule has 0 amide bonds. The van der Waals surface area contributed by atoms with E-state index in [2.05, 4.69) is 5.16 Å². The van der Waals surface area contributed by atoms with Crippen LogP contribution in [-0.4, -0.2) is 17.7 Å². The minimum absolute atomic E-state index is 0.330. The average molecular weight is 217 g/mol. The molecule has 4 nitrogen and oxygen atoms in total. The summed E-state index contributed by atoms with van der Waals surface area (Å²) in [7, 11) is 0. The van der Waals surface area contributed by atoms with Crippen LogP contribution in [0.5, 0.6) is 0 Å². The quantitative estimate of drug-likeness (QED) is 0.741.